The molecule has 0 spiro atoms. The molecule has 0 radical (unpaired) electrons. The maximum atomic E-state index is 13.6. The van der Waals surface area contributed by atoms with Gasteiger partial charge in [-0.3, -0.25) is 14.2 Å². The lowest BCUT2D eigenvalue weighted by Crippen LogP contribution is -2.52. The molecule has 4 heterocycles. The van der Waals surface area contributed by atoms with Crippen molar-refractivity contribution in [3.63, 3.8) is 0 Å². The van der Waals surface area contributed by atoms with Crippen LogP contribution in [0.25, 0.3) is 0 Å². The minimum atomic E-state index is -3.70. The van der Waals surface area contributed by atoms with Crippen molar-refractivity contribution in [2.75, 3.05) is 13.2 Å². The average molecular weight is 1230 g/mol. The van der Waals surface area contributed by atoms with Crippen LogP contribution in [0.4, 0.5) is 0 Å². The molecule has 18 heteroatoms. The second-order valence-corrected chi connectivity index (χ2v) is 40.7. The van der Waals surface area contributed by atoms with Gasteiger partial charge in [0.05, 0.1) is 62.0 Å². The van der Waals surface area contributed by atoms with Crippen LogP contribution in [-0.4, -0.2) is 132 Å². The predicted molar refractivity (Wildman–Crippen MR) is 337 cm³/mol. The van der Waals surface area contributed by atoms with E-state index in [0.29, 0.717) is 32.1 Å². The molecule has 0 N–H and O–H groups in total. The number of aldehydes is 1. The van der Waals surface area contributed by atoms with E-state index in [0.717, 1.165) is 51.2 Å². The summed E-state index contributed by atoms with van der Waals surface area (Å²) in [5.74, 6) is -3.02. The molecule has 4 fully saturated rings. The first-order chi connectivity index (χ1) is 38.3. The molecule has 0 aromatic rings. The van der Waals surface area contributed by atoms with Crippen LogP contribution >= 0.6 is 7.60 Å². The van der Waals surface area contributed by atoms with Crippen molar-refractivity contribution in [1.29, 1.82) is 0 Å². The van der Waals surface area contributed by atoms with Crippen molar-refractivity contribution in [3.05, 3.63) is 48.6 Å². The number of allylic oxidation sites excluding steroid dienone is 7. The number of ether oxygens (including phenoxy) is 8. The predicted octanol–water partition coefficient (Wildman–Crippen LogP) is 16.1. The zero-order valence-electron chi connectivity index (χ0n) is 55.7. The van der Waals surface area contributed by atoms with Gasteiger partial charge < -0.3 is 55.8 Å². The smallest absolute Gasteiger partial charge is 0.344 e. The summed E-state index contributed by atoms with van der Waals surface area (Å²) in [5, 5.41) is 0.0702. The number of esters is 1. The second-order valence-electron chi connectivity index (χ2n) is 28.8. The first-order valence-electron chi connectivity index (χ1n) is 31.6. The third-order valence-electron chi connectivity index (χ3n) is 17.5. The summed E-state index contributed by atoms with van der Waals surface area (Å²) in [5.41, 5.74) is -1.05. The summed E-state index contributed by atoms with van der Waals surface area (Å²) >= 11 is 0. The van der Waals surface area contributed by atoms with Crippen LogP contribution in [-0.2, 0) is 69.9 Å². The number of rotatable bonds is 30. The molecular weight excluding hydrogens is 1110 g/mol. The van der Waals surface area contributed by atoms with E-state index in [1.807, 2.05) is 65.8 Å². The van der Waals surface area contributed by atoms with Crippen LogP contribution in [0.3, 0.4) is 0 Å². The van der Waals surface area contributed by atoms with Crippen LogP contribution in [0.15, 0.2) is 48.6 Å². The quantitative estimate of drug-likeness (QED) is 0.0167. The van der Waals surface area contributed by atoms with Gasteiger partial charge in [0.25, 0.3) is 0 Å². The van der Waals surface area contributed by atoms with Gasteiger partial charge >= 0.3 is 13.6 Å². The van der Waals surface area contributed by atoms with E-state index in [9.17, 15) is 14.2 Å². The van der Waals surface area contributed by atoms with Crippen molar-refractivity contribution in [1.82, 2.24) is 0 Å². The Morgan fingerprint density at radius 2 is 1.01 bits per heavy atom. The van der Waals surface area contributed by atoms with Gasteiger partial charge in [-0.15, -0.1) is 0 Å². The molecule has 15 nitrogen and oxygen atoms in total. The fourth-order valence-corrected chi connectivity index (χ4v) is 16.1. The standard InChI is InChI=1S/C65H117O15PSi2/c1-23-69-81(68,70-24-2)48(6)60(67)72-59(46(3)4)47(5)34-35-50(79-82(19,20)61(7,8)9)38-52-41-54(75-63(13,14)73-52)43-56-45-57(78-65(17,18)77-56)44-55-42-53(74-64(15,16)76-55)39-51-40-58(80-83(21,22)62(10,11)12)37-49(71-51)33-31-29-27-25-26-28-30-32-36-66/h25-32,36,46-59H,23-24,33-35,37-45H2,1-22H3/b27-25+,28-26+,31-29+,32-30+/t47-,48?,49+,50-,51-,52-,53-,54-,55+,56+,57-,58-,59-/m0/s1. The number of hydrogen-bond donors (Lipinski definition) is 0. The Kier molecular flexibility index (Phi) is 28.2. The summed E-state index contributed by atoms with van der Waals surface area (Å²) in [6.45, 7) is 46.6. The highest BCUT2D eigenvalue weighted by Crippen LogP contribution is 2.53. The lowest BCUT2D eigenvalue weighted by Gasteiger charge is -2.47. The summed E-state index contributed by atoms with van der Waals surface area (Å²) in [4.78, 5) is 24.2. The molecule has 0 aromatic heterocycles. The molecule has 83 heavy (non-hydrogen) atoms. The van der Waals surface area contributed by atoms with E-state index in [1.165, 1.54) is 6.08 Å². The Hall–Kier alpha value is -1.68. The third-order valence-corrected chi connectivity index (χ3v) is 28.9. The molecular formula is C65H117O15PSi2. The van der Waals surface area contributed by atoms with E-state index in [4.69, 9.17) is 55.8 Å². The van der Waals surface area contributed by atoms with Crippen molar-refractivity contribution in [2.24, 2.45) is 11.8 Å². The Bertz CT molecular complexity index is 2150. The van der Waals surface area contributed by atoms with Crippen LogP contribution < -0.4 is 0 Å². The first kappa shape index (κ1) is 73.8. The molecule has 13 atom stereocenters. The summed E-state index contributed by atoms with van der Waals surface area (Å²) in [6, 6.07) is 0. The molecule has 0 aliphatic carbocycles. The zero-order chi connectivity index (χ0) is 62.4. The van der Waals surface area contributed by atoms with Crippen molar-refractivity contribution < 1.29 is 69.9 Å². The van der Waals surface area contributed by atoms with Gasteiger partial charge in [-0.25, -0.2) is 0 Å². The van der Waals surface area contributed by atoms with Gasteiger partial charge in [0.15, 0.2) is 39.7 Å². The zero-order valence-corrected chi connectivity index (χ0v) is 58.6. The van der Waals surface area contributed by atoms with Crippen molar-refractivity contribution in [2.45, 2.75) is 328 Å². The second kappa shape index (κ2) is 31.7. The largest absolute Gasteiger partial charge is 0.461 e. The van der Waals surface area contributed by atoms with Crippen LogP contribution in [0, 0.1) is 11.8 Å². The third kappa shape index (κ3) is 24.3. The maximum absolute atomic E-state index is 13.6. The summed E-state index contributed by atoms with van der Waals surface area (Å²) < 4.78 is 92.5. The fraction of sp³-hybridized carbons (Fsp3) is 0.846. The van der Waals surface area contributed by atoms with Crippen LogP contribution in [0.2, 0.25) is 36.3 Å². The van der Waals surface area contributed by atoms with Crippen LogP contribution in [0.5, 0.6) is 0 Å². The molecule has 4 aliphatic heterocycles. The van der Waals surface area contributed by atoms with E-state index < -0.39 is 59.3 Å². The van der Waals surface area contributed by atoms with Crippen molar-refractivity contribution in [3.8, 4) is 0 Å². The van der Waals surface area contributed by atoms with E-state index in [1.54, 1.807) is 26.8 Å². The SMILES string of the molecule is CCOP(=O)(OCC)C(C)C(=O)O[C@@H](C(C)C)[C@@H](C)CC[C@@H](C[C@H]1C[C@@H](C[C@@H]2C[C@H](C[C@H]3C[C@H](C[C@H]4C[C@@H](O[Si](C)(C)C(C)(C)C)C[C@@H](C/C=C/C=C/C=C/C=C/C=O)O4)OC(C)(C)O3)OC(C)(C)O2)OC(C)(C)O1)O[Si](C)(C)C(C)(C)C. The Balaban J connectivity index is 1.46. The van der Waals surface area contributed by atoms with Gasteiger partial charge in [0, 0.05) is 50.7 Å². The number of carbonyl (C=O) groups excluding carboxylic acids is 2. The van der Waals surface area contributed by atoms with E-state index >= 15 is 0 Å². The van der Waals surface area contributed by atoms with Crippen molar-refractivity contribution >= 4 is 36.5 Å². The normalized spacial score (nSPS) is 29.2. The van der Waals surface area contributed by atoms with Gasteiger partial charge in [-0.1, -0.05) is 105 Å². The molecule has 4 aliphatic rings. The first-order valence-corrected chi connectivity index (χ1v) is 39.0. The maximum Gasteiger partial charge on any atom is 0.344 e. The summed E-state index contributed by atoms with van der Waals surface area (Å²) in [6.07, 6.45) is 23.5. The lowest BCUT2D eigenvalue weighted by atomic mass is 9.88. The molecule has 4 rings (SSSR count). The van der Waals surface area contributed by atoms with E-state index in [2.05, 4.69) is 101 Å². The molecule has 4 saturated heterocycles. The highest BCUT2D eigenvalue weighted by atomic mass is 31.2. The number of carbonyl (C=O) groups is 2. The molecule has 0 amide bonds. The highest BCUT2D eigenvalue weighted by Gasteiger charge is 2.48. The molecule has 0 aromatic carbocycles. The minimum Gasteiger partial charge on any atom is -0.461 e. The molecule has 0 bridgehead atoms. The molecule has 1 unspecified atom stereocenters. The van der Waals surface area contributed by atoms with Gasteiger partial charge in [-0.05, 0) is 155 Å². The average Bonchev–Trinajstić information content (AvgIpc) is 3.44. The Morgan fingerprint density at radius 3 is 1.46 bits per heavy atom. The Morgan fingerprint density at radius 1 is 0.590 bits per heavy atom. The van der Waals surface area contributed by atoms with Gasteiger partial charge in [0.2, 0.25) is 0 Å². The highest BCUT2D eigenvalue weighted by molar-refractivity contribution is 7.55. The van der Waals surface area contributed by atoms with Gasteiger partial charge in [-0.2, -0.15) is 0 Å². The summed E-state index contributed by atoms with van der Waals surface area (Å²) in [7, 11) is -8.00. The van der Waals surface area contributed by atoms with E-state index in [-0.39, 0.29) is 96.2 Å². The monoisotopic (exact) mass is 1220 g/mol. The molecule has 0 saturated carbocycles. The van der Waals surface area contributed by atoms with Crippen LogP contribution in [0.1, 0.15) is 202 Å². The lowest BCUT2D eigenvalue weighted by molar-refractivity contribution is -0.336. The molecule has 480 valence electrons. The minimum absolute atomic E-state index is 0.0133. The Labute approximate surface area is 505 Å². The topological polar surface area (TPSA) is 162 Å². The van der Waals surface area contributed by atoms with Gasteiger partial charge in [0.1, 0.15) is 12.4 Å². The fourth-order valence-electron chi connectivity index (χ4n) is 11.8. The number of hydrogen-bond acceptors (Lipinski definition) is 15.